The summed E-state index contributed by atoms with van der Waals surface area (Å²) in [6, 6.07) is 4.84. The van der Waals surface area contributed by atoms with Gasteiger partial charge in [-0.15, -0.1) is 0 Å². The van der Waals surface area contributed by atoms with Crippen molar-refractivity contribution in [3.63, 3.8) is 0 Å². The second-order valence-corrected chi connectivity index (χ2v) is 5.23. The van der Waals surface area contributed by atoms with Gasteiger partial charge in [-0.2, -0.15) is 0 Å². The van der Waals surface area contributed by atoms with Crippen LogP contribution in [0.25, 0.3) is 0 Å². The Balaban J connectivity index is 2.79. The monoisotopic (exact) mass is 243 g/mol. The van der Waals surface area contributed by atoms with Crippen LogP contribution in [0.2, 0.25) is 5.02 Å². The lowest BCUT2D eigenvalue weighted by atomic mass is 9.85. The SMILES string of the molecule is CCNCC(C)(C)Cc1c(F)cccc1Cl. The molecule has 0 aliphatic heterocycles. The van der Waals surface area contributed by atoms with Crippen molar-refractivity contribution >= 4 is 11.6 Å². The summed E-state index contributed by atoms with van der Waals surface area (Å²) in [6.07, 6.45) is 0.644. The van der Waals surface area contributed by atoms with Crippen LogP contribution in [-0.2, 0) is 6.42 Å². The maximum absolute atomic E-state index is 13.6. The van der Waals surface area contributed by atoms with Crippen LogP contribution in [0.15, 0.2) is 18.2 Å². The lowest BCUT2D eigenvalue weighted by Gasteiger charge is -2.25. The summed E-state index contributed by atoms with van der Waals surface area (Å²) in [5, 5.41) is 3.80. The van der Waals surface area contributed by atoms with E-state index in [2.05, 4.69) is 26.1 Å². The van der Waals surface area contributed by atoms with Gasteiger partial charge in [0, 0.05) is 17.1 Å². The maximum Gasteiger partial charge on any atom is 0.127 e. The lowest BCUT2D eigenvalue weighted by Crippen LogP contribution is -2.31. The number of benzene rings is 1. The molecule has 1 aromatic carbocycles. The third kappa shape index (κ3) is 3.76. The average molecular weight is 244 g/mol. The Kier molecular flexibility index (Phi) is 4.75. The van der Waals surface area contributed by atoms with E-state index in [1.807, 2.05) is 0 Å². The van der Waals surface area contributed by atoms with Gasteiger partial charge in [0.05, 0.1) is 0 Å². The van der Waals surface area contributed by atoms with E-state index in [1.54, 1.807) is 12.1 Å². The minimum Gasteiger partial charge on any atom is -0.316 e. The van der Waals surface area contributed by atoms with Crippen LogP contribution in [0.4, 0.5) is 4.39 Å². The van der Waals surface area contributed by atoms with Crippen LogP contribution >= 0.6 is 11.6 Å². The molecule has 0 aliphatic rings. The third-order valence-corrected chi connectivity index (χ3v) is 2.92. The molecule has 0 bridgehead atoms. The predicted octanol–water partition coefficient (Wildman–Crippen LogP) is 3.66. The first-order valence-corrected chi connectivity index (χ1v) is 5.97. The van der Waals surface area contributed by atoms with E-state index in [0.717, 1.165) is 13.1 Å². The van der Waals surface area contributed by atoms with Gasteiger partial charge < -0.3 is 5.32 Å². The van der Waals surface area contributed by atoms with Gasteiger partial charge in [-0.1, -0.05) is 38.4 Å². The Bertz CT molecular complexity index is 330. The first-order chi connectivity index (χ1) is 7.46. The van der Waals surface area contributed by atoms with Gasteiger partial charge in [0.2, 0.25) is 0 Å². The van der Waals surface area contributed by atoms with E-state index in [1.165, 1.54) is 6.07 Å². The molecule has 0 aliphatic carbocycles. The standard InChI is InChI=1S/C13H19ClFN/c1-4-16-9-13(2,3)8-10-11(14)6-5-7-12(10)15/h5-7,16H,4,8-9H2,1-3H3. The molecule has 0 spiro atoms. The summed E-state index contributed by atoms with van der Waals surface area (Å²) < 4.78 is 13.6. The zero-order valence-corrected chi connectivity index (χ0v) is 10.9. The first-order valence-electron chi connectivity index (χ1n) is 5.60. The summed E-state index contributed by atoms with van der Waals surface area (Å²) in [4.78, 5) is 0. The van der Waals surface area contributed by atoms with E-state index in [9.17, 15) is 4.39 Å². The van der Waals surface area contributed by atoms with Crippen LogP contribution in [0, 0.1) is 11.2 Å². The van der Waals surface area contributed by atoms with Crippen molar-refractivity contribution in [3.05, 3.63) is 34.6 Å². The predicted molar refractivity (Wildman–Crippen MR) is 67.4 cm³/mol. The summed E-state index contributed by atoms with van der Waals surface area (Å²) in [5.41, 5.74) is 0.619. The van der Waals surface area contributed by atoms with Crippen molar-refractivity contribution in [2.75, 3.05) is 13.1 Å². The van der Waals surface area contributed by atoms with Crippen LogP contribution in [0.5, 0.6) is 0 Å². The molecule has 16 heavy (non-hydrogen) atoms. The van der Waals surface area contributed by atoms with Crippen molar-refractivity contribution in [2.24, 2.45) is 5.41 Å². The van der Waals surface area contributed by atoms with E-state index >= 15 is 0 Å². The summed E-state index contributed by atoms with van der Waals surface area (Å²) in [6.45, 7) is 8.06. The van der Waals surface area contributed by atoms with Crippen molar-refractivity contribution in [1.82, 2.24) is 5.32 Å². The molecule has 0 aromatic heterocycles. The zero-order chi connectivity index (χ0) is 12.2. The van der Waals surface area contributed by atoms with Crippen LogP contribution in [-0.4, -0.2) is 13.1 Å². The summed E-state index contributed by atoms with van der Waals surface area (Å²) in [7, 11) is 0. The molecule has 0 saturated heterocycles. The van der Waals surface area contributed by atoms with Gasteiger partial charge in [-0.05, 0) is 30.5 Å². The Hall–Kier alpha value is -0.600. The lowest BCUT2D eigenvalue weighted by molar-refractivity contribution is 0.337. The summed E-state index contributed by atoms with van der Waals surface area (Å²) >= 11 is 6.01. The van der Waals surface area contributed by atoms with Crippen LogP contribution in [0.1, 0.15) is 26.3 Å². The molecular formula is C13H19ClFN. The fraction of sp³-hybridized carbons (Fsp3) is 0.538. The third-order valence-electron chi connectivity index (χ3n) is 2.57. The molecule has 1 rings (SSSR count). The minimum absolute atomic E-state index is 0.00183. The van der Waals surface area contributed by atoms with E-state index in [0.29, 0.717) is 17.0 Å². The van der Waals surface area contributed by atoms with Gasteiger partial charge in [-0.3, -0.25) is 0 Å². The Morgan fingerprint density at radius 1 is 1.38 bits per heavy atom. The first kappa shape index (κ1) is 13.5. The molecule has 1 nitrogen and oxygen atoms in total. The molecule has 0 saturated carbocycles. The van der Waals surface area contributed by atoms with Crippen molar-refractivity contribution in [3.8, 4) is 0 Å². The van der Waals surface area contributed by atoms with Crippen LogP contribution < -0.4 is 5.32 Å². The molecule has 90 valence electrons. The number of hydrogen-bond donors (Lipinski definition) is 1. The van der Waals surface area contributed by atoms with E-state index < -0.39 is 0 Å². The Morgan fingerprint density at radius 2 is 2.06 bits per heavy atom. The molecule has 1 aromatic rings. The van der Waals surface area contributed by atoms with E-state index in [-0.39, 0.29) is 11.2 Å². The van der Waals surface area contributed by atoms with Gasteiger partial charge >= 0.3 is 0 Å². The second kappa shape index (κ2) is 5.65. The van der Waals surface area contributed by atoms with Gasteiger partial charge in [-0.25, -0.2) is 4.39 Å². The quantitative estimate of drug-likeness (QED) is 0.832. The smallest absolute Gasteiger partial charge is 0.127 e. The Morgan fingerprint density at radius 3 is 2.62 bits per heavy atom. The molecule has 3 heteroatoms. The molecular weight excluding hydrogens is 225 g/mol. The molecule has 0 heterocycles. The molecule has 0 amide bonds. The zero-order valence-electron chi connectivity index (χ0n) is 10.1. The maximum atomic E-state index is 13.6. The highest BCUT2D eigenvalue weighted by atomic mass is 35.5. The highest BCUT2D eigenvalue weighted by Crippen LogP contribution is 2.27. The number of halogens is 2. The molecule has 0 fully saturated rings. The largest absolute Gasteiger partial charge is 0.316 e. The van der Waals surface area contributed by atoms with Crippen molar-refractivity contribution in [2.45, 2.75) is 27.2 Å². The summed E-state index contributed by atoms with van der Waals surface area (Å²) in [5.74, 6) is -0.211. The highest BCUT2D eigenvalue weighted by Gasteiger charge is 2.21. The molecule has 0 radical (unpaired) electrons. The highest BCUT2D eigenvalue weighted by molar-refractivity contribution is 6.31. The number of nitrogens with one attached hydrogen (secondary N) is 1. The minimum atomic E-state index is -0.211. The van der Waals surface area contributed by atoms with Gasteiger partial charge in [0.25, 0.3) is 0 Å². The van der Waals surface area contributed by atoms with Gasteiger partial charge in [0.15, 0.2) is 0 Å². The normalized spacial score (nSPS) is 11.8. The fourth-order valence-corrected chi connectivity index (χ4v) is 1.94. The van der Waals surface area contributed by atoms with Crippen molar-refractivity contribution < 1.29 is 4.39 Å². The fourth-order valence-electron chi connectivity index (χ4n) is 1.71. The van der Waals surface area contributed by atoms with E-state index in [4.69, 9.17) is 11.6 Å². The Labute approximate surface area is 102 Å². The van der Waals surface area contributed by atoms with Gasteiger partial charge in [0.1, 0.15) is 5.82 Å². The topological polar surface area (TPSA) is 12.0 Å². The molecule has 0 unspecified atom stereocenters. The van der Waals surface area contributed by atoms with Crippen molar-refractivity contribution in [1.29, 1.82) is 0 Å². The molecule has 1 N–H and O–H groups in total. The number of rotatable bonds is 5. The average Bonchev–Trinajstić information content (AvgIpc) is 2.21. The molecule has 0 atom stereocenters. The second-order valence-electron chi connectivity index (χ2n) is 4.82. The van der Waals surface area contributed by atoms with Crippen LogP contribution in [0.3, 0.4) is 0 Å². The number of hydrogen-bond acceptors (Lipinski definition) is 1.